The summed E-state index contributed by atoms with van der Waals surface area (Å²) >= 11 is 5.98. The van der Waals surface area contributed by atoms with Crippen molar-refractivity contribution in [3.63, 3.8) is 0 Å². The van der Waals surface area contributed by atoms with E-state index >= 15 is 0 Å². The van der Waals surface area contributed by atoms with Crippen molar-refractivity contribution in [3.8, 4) is 22.9 Å². The zero-order valence-corrected chi connectivity index (χ0v) is 17.6. The van der Waals surface area contributed by atoms with Gasteiger partial charge in [-0.1, -0.05) is 11.6 Å². The van der Waals surface area contributed by atoms with Gasteiger partial charge >= 0.3 is 0 Å². The van der Waals surface area contributed by atoms with Crippen molar-refractivity contribution >= 4 is 11.6 Å². The maximum absolute atomic E-state index is 10.3. The third-order valence-electron chi connectivity index (χ3n) is 4.98. The van der Waals surface area contributed by atoms with Crippen LogP contribution >= 0.6 is 11.6 Å². The van der Waals surface area contributed by atoms with Crippen molar-refractivity contribution in [2.45, 2.75) is 26.5 Å². The van der Waals surface area contributed by atoms with Crippen LogP contribution in [0.1, 0.15) is 17.0 Å². The monoisotopic (exact) mass is 429 g/mol. The molecule has 1 unspecified atom stereocenters. The quantitative estimate of drug-likeness (QED) is 0.571. The Hall–Kier alpha value is -2.74. The molecule has 1 aromatic heterocycles. The molecule has 0 bridgehead atoms. The molecule has 7 nitrogen and oxygen atoms in total. The Kier molecular flexibility index (Phi) is 6.13. The molecule has 0 aliphatic carbocycles. The van der Waals surface area contributed by atoms with Gasteiger partial charge in [0.15, 0.2) is 11.5 Å². The van der Waals surface area contributed by atoms with E-state index in [0.717, 1.165) is 22.6 Å². The number of halogens is 1. The van der Waals surface area contributed by atoms with E-state index < -0.39 is 6.10 Å². The van der Waals surface area contributed by atoms with Gasteiger partial charge in [-0.25, -0.2) is 4.68 Å². The first-order valence-electron chi connectivity index (χ1n) is 9.73. The molecule has 4 rings (SSSR count). The number of rotatable bonds is 8. The Morgan fingerprint density at radius 3 is 2.73 bits per heavy atom. The van der Waals surface area contributed by atoms with Crippen LogP contribution in [0.5, 0.6) is 17.2 Å². The van der Waals surface area contributed by atoms with Crippen LogP contribution in [0.3, 0.4) is 0 Å². The van der Waals surface area contributed by atoms with E-state index in [1.807, 2.05) is 42.8 Å². The van der Waals surface area contributed by atoms with Gasteiger partial charge in [0.1, 0.15) is 18.5 Å². The maximum atomic E-state index is 10.3. The van der Waals surface area contributed by atoms with Gasteiger partial charge in [-0.3, -0.25) is 0 Å². The highest BCUT2D eigenvalue weighted by molar-refractivity contribution is 6.30. The van der Waals surface area contributed by atoms with Gasteiger partial charge in [0.25, 0.3) is 0 Å². The number of benzene rings is 2. The van der Waals surface area contributed by atoms with Gasteiger partial charge in [0, 0.05) is 35.4 Å². The minimum atomic E-state index is -0.651. The summed E-state index contributed by atoms with van der Waals surface area (Å²) in [4.78, 5) is 0. The summed E-state index contributed by atoms with van der Waals surface area (Å²) in [7, 11) is 0. The molecule has 1 atom stereocenters. The molecular formula is C22H24ClN3O4. The number of nitrogens with zero attached hydrogens (tertiary/aromatic N) is 2. The minimum Gasteiger partial charge on any atom is -0.491 e. The largest absolute Gasteiger partial charge is 0.491 e. The number of ether oxygens (including phenoxy) is 3. The SMILES string of the molecule is Cc1nn(-c2ccc(Cl)cc2)c(C)c1CNCC(O)COc1ccc2c(c1)OCO2. The van der Waals surface area contributed by atoms with Crippen LogP contribution in [0.25, 0.3) is 5.69 Å². The number of hydrogen-bond acceptors (Lipinski definition) is 6. The highest BCUT2D eigenvalue weighted by Gasteiger charge is 2.15. The van der Waals surface area contributed by atoms with Crippen LogP contribution in [0.2, 0.25) is 5.02 Å². The molecule has 0 saturated carbocycles. The third-order valence-corrected chi connectivity index (χ3v) is 5.23. The molecule has 0 amide bonds. The summed E-state index contributed by atoms with van der Waals surface area (Å²) in [6.45, 7) is 5.41. The summed E-state index contributed by atoms with van der Waals surface area (Å²) in [5.74, 6) is 1.99. The van der Waals surface area contributed by atoms with Gasteiger partial charge < -0.3 is 24.6 Å². The van der Waals surface area contributed by atoms with Crippen LogP contribution < -0.4 is 19.5 Å². The molecule has 0 saturated heterocycles. The second-order valence-corrected chi connectivity index (χ2v) is 7.58. The summed E-state index contributed by atoms with van der Waals surface area (Å²) < 4.78 is 18.2. The molecular weight excluding hydrogens is 406 g/mol. The molecule has 3 aromatic rings. The fourth-order valence-corrected chi connectivity index (χ4v) is 3.47. The average Bonchev–Trinajstić information content (AvgIpc) is 3.32. The third kappa shape index (κ3) is 4.53. The first-order chi connectivity index (χ1) is 14.5. The Labute approximate surface area is 180 Å². The van der Waals surface area contributed by atoms with Crippen LogP contribution in [0.15, 0.2) is 42.5 Å². The number of aliphatic hydroxyl groups is 1. The molecule has 158 valence electrons. The normalized spacial score (nSPS) is 13.5. The van der Waals surface area contributed by atoms with Crippen molar-refractivity contribution in [2.75, 3.05) is 19.9 Å². The van der Waals surface area contributed by atoms with Crippen LogP contribution in [-0.4, -0.2) is 40.9 Å². The van der Waals surface area contributed by atoms with E-state index in [-0.39, 0.29) is 13.4 Å². The molecule has 1 aliphatic heterocycles. The first kappa shape index (κ1) is 20.5. The van der Waals surface area contributed by atoms with E-state index in [9.17, 15) is 5.11 Å². The zero-order chi connectivity index (χ0) is 21.1. The smallest absolute Gasteiger partial charge is 0.231 e. The summed E-state index contributed by atoms with van der Waals surface area (Å²) in [6.07, 6.45) is -0.651. The number of hydrogen-bond donors (Lipinski definition) is 2. The Balaban J connectivity index is 1.29. The van der Waals surface area contributed by atoms with E-state index in [2.05, 4.69) is 10.4 Å². The lowest BCUT2D eigenvalue weighted by molar-refractivity contribution is 0.106. The van der Waals surface area contributed by atoms with Crippen LogP contribution in [-0.2, 0) is 6.54 Å². The fourth-order valence-electron chi connectivity index (χ4n) is 3.35. The average molecular weight is 430 g/mol. The molecule has 2 N–H and O–H groups in total. The zero-order valence-electron chi connectivity index (χ0n) is 16.9. The fraction of sp³-hybridized carbons (Fsp3) is 0.318. The van der Waals surface area contributed by atoms with Gasteiger partial charge in [-0.2, -0.15) is 5.10 Å². The maximum Gasteiger partial charge on any atom is 0.231 e. The summed E-state index contributed by atoms with van der Waals surface area (Å²) in [5.41, 5.74) is 4.06. The standard InChI is InChI=1S/C22H24ClN3O4/c1-14-20(15(2)26(25-14)17-5-3-16(23)4-6-17)11-24-10-18(27)12-28-19-7-8-21-22(9-19)30-13-29-21/h3-9,18,24,27H,10-13H2,1-2H3. The van der Waals surface area contributed by atoms with Crippen molar-refractivity contribution in [3.05, 3.63) is 64.4 Å². The first-order valence-corrected chi connectivity index (χ1v) is 10.1. The van der Waals surface area contributed by atoms with Crippen LogP contribution in [0, 0.1) is 13.8 Å². The number of aryl methyl sites for hydroxylation is 1. The highest BCUT2D eigenvalue weighted by Crippen LogP contribution is 2.35. The highest BCUT2D eigenvalue weighted by atomic mass is 35.5. The van der Waals surface area contributed by atoms with E-state index in [1.54, 1.807) is 18.2 Å². The van der Waals surface area contributed by atoms with Crippen LogP contribution in [0.4, 0.5) is 0 Å². The molecule has 2 heterocycles. The van der Waals surface area contributed by atoms with Crippen molar-refractivity contribution in [1.82, 2.24) is 15.1 Å². The summed E-state index contributed by atoms with van der Waals surface area (Å²) in [5, 5.41) is 18.9. The van der Waals surface area contributed by atoms with Crippen molar-refractivity contribution in [1.29, 1.82) is 0 Å². The lowest BCUT2D eigenvalue weighted by Crippen LogP contribution is -2.31. The molecule has 1 aliphatic rings. The Morgan fingerprint density at radius 1 is 1.17 bits per heavy atom. The molecule has 0 spiro atoms. The number of aromatic nitrogens is 2. The predicted octanol–water partition coefficient (Wildman–Crippen LogP) is 3.40. The summed E-state index contributed by atoms with van der Waals surface area (Å²) in [6, 6.07) is 12.9. The molecule has 0 fully saturated rings. The molecule has 30 heavy (non-hydrogen) atoms. The van der Waals surface area contributed by atoms with Crippen molar-refractivity contribution in [2.24, 2.45) is 0 Å². The predicted molar refractivity (Wildman–Crippen MR) is 114 cm³/mol. The second-order valence-electron chi connectivity index (χ2n) is 7.15. The lowest BCUT2D eigenvalue weighted by Gasteiger charge is -2.14. The molecule has 8 heteroatoms. The van der Waals surface area contributed by atoms with Gasteiger partial charge in [-0.05, 0) is 50.2 Å². The van der Waals surface area contributed by atoms with Crippen molar-refractivity contribution < 1.29 is 19.3 Å². The minimum absolute atomic E-state index is 0.175. The lowest BCUT2D eigenvalue weighted by atomic mass is 10.2. The number of aliphatic hydroxyl groups excluding tert-OH is 1. The molecule has 0 radical (unpaired) electrons. The molecule has 2 aromatic carbocycles. The van der Waals surface area contributed by atoms with Gasteiger partial charge in [0.05, 0.1) is 11.4 Å². The van der Waals surface area contributed by atoms with E-state index in [1.165, 1.54) is 0 Å². The van der Waals surface area contributed by atoms with Gasteiger partial charge in [-0.15, -0.1) is 0 Å². The van der Waals surface area contributed by atoms with E-state index in [0.29, 0.717) is 35.4 Å². The van der Waals surface area contributed by atoms with E-state index in [4.69, 9.17) is 25.8 Å². The number of fused-ring (bicyclic) bond motifs is 1. The second kappa shape index (κ2) is 8.95. The topological polar surface area (TPSA) is 77.8 Å². The Morgan fingerprint density at radius 2 is 1.93 bits per heavy atom. The Bertz CT molecular complexity index is 1020. The number of nitrogens with one attached hydrogen (secondary N) is 1. The van der Waals surface area contributed by atoms with Gasteiger partial charge in [0.2, 0.25) is 6.79 Å².